The lowest BCUT2D eigenvalue weighted by molar-refractivity contribution is -0.135. The zero-order valence-corrected chi connectivity index (χ0v) is 12.1. The summed E-state index contributed by atoms with van der Waals surface area (Å²) in [5.41, 5.74) is 2.32. The minimum atomic E-state index is -0.277. The van der Waals surface area contributed by atoms with Crippen molar-refractivity contribution in [3.8, 4) is 6.07 Å². The molecule has 0 radical (unpaired) electrons. The van der Waals surface area contributed by atoms with Gasteiger partial charge in [-0.2, -0.15) is 5.26 Å². The van der Waals surface area contributed by atoms with E-state index in [0.29, 0.717) is 13.0 Å². The molecule has 20 heavy (non-hydrogen) atoms. The van der Waals surface area contributed by atoms with Crippen LogP contribution < -0.4 is 5.32 Å². The van der Waals surface area contributed by atoms with Gasteiger partial charge in [0.05, 0.1) is 12.5 Å². The van der Waals surface area contributed by atoms with Gasteiger partial charge < -0.3 is 10.2 Å². The maximum absolute atomic E-state index is 12.8. The molecule has 0 saturated carbocycles. The van der Waals surface area contributed by atoms with Gasteiger partial charge in [-0.25, -0.2) is 0 Å². The largest absolute Gasteiger partial charge is 0.338 e. The fourth-order valence-corrected chi connectivity index (χ4v) is 2.68. The standard InChI is InChI=1S/C16H21N3O/c1-12(2)19(11-5-9-17)16(20)15-14-7-4-3-6-13(14)8-10-18-15/h3-4,6-7,12,15,18H,5,8,10-11H2,1-2H3. The van der Waals surface area contributed by atoms with Crippen LogP contribution in [0.5, 0.6) is 0 Å². The first kappa shape index (κ1) is 14.5. The predicted octanol–water partition coefficient (Wildman–Crippen LogP) is 2.02. The Kier molecular flexibility index (Phi) is 4.75. The van der Waals surface area contributed by atoms with E-state index in [1.54, 1.807) is 4.90 Å². The number of nitrogens with zero attached hydrogens (tertiary/aromatic N) is 2. The van der Waals surface area contributed by atoms with Crippen molar-refractivity contribution in [3.05, 3.63) is 35.4 Å². The van der Waals surface area contributed by atoms with Gasteiger partial charge in [0.15, 0.2) is 0 Å². The summed E-state index contributed by atoms with van der Waals surface area (Å²) in [6.07, 6.45) is 1.33. The molecule has 1 aliphatic heterocycles. The smallest absolute Gasteiger partial charge is 0.244 e. The summed E-state index contributed by atoms with van der Waals surface area (Å²) in [6.45, 7) is 5.29. The van der Waals surface area contributed by atoms with Crippen LogP contribution in [0.25, 0.3) is 0 Å². The molecule has 1 unspecified atom stereocenters. The molecule has 1 aliphatic rings. The summed E-state index contributed by atoms with van der Waals surface area (Å²) in [6, 6.07) is 10.0. The van der Waals surface area contributed by atoms with Crippen molar-refractivity contribution < 1.29 is 4.79 Å². The zero-order chi connectivity index (χ0) is 14.5. The Hall–Kier alpha value is -1.86. The Bertz CT molecular complexity index is 519. The van der Waals surface area contributed by atoms with Crippen molar-refractivity contribution in [1.82, 2.24) is 10.2 Å². The Morgan fingerprint density at radius 3 is 2.95 bits per heavy atom. The number of nitrogens with one attached hydrogen (secondary N) is 1. The van der Waals surface area contributed by atoms with Crippen molar-refractivity contribution in [1.29, 1.82) is 5.26 Å². The van der Waals surface area contributed by atoms with E-state index in [1.165, 1.54) is 5.56 Å². The van der Waals surface area contributed by atoms with Crippen LogP contribution >= 0.6 is 0 Å². The molecule has 1 amide bonds. The summed E-state index contributed by atoms with van der Waals surface area (Å²) >= 11 is 0. The van der Waals surface area contributed by atoms with E-state index in [0.717, 1.165) is 18.5 Å². The molecule has 0 aromatic heterocycles. The Balaban J connectivity index is 2.22. The first-order chi connectivity index (χ1) is 9.65. The number of rotatable bonds is 4. The second-order valence-corrected chi connectivity index (χ2v) is 5.37. The van der Waals surface area contributed by atoms with E-state index >= 15 is 0 Å². The Morgan fingerprint density at radius 2 is 2.25 bits per heavy atom. The quantitative estimate of drug-likeness (QED) is 0.911. The van der Waals surface area contributed by atoms with Gasteiger partial charge in [0.2, 0.25) is 5.91 Å². The highest BCUT2D eigenvalue weighted by Gasteiger charge is 2.30. The second kappa shape index (κ2) is 6.53. The average Bonchev–Trinajstić information content (AvgIpc) is 2.46. The third kappa shape index (κ3) is 3.00. The number of nitriles is 1. The van der Waals surface area contributed by atoms with E-state index in [-0.39, 0.29) is 18.0 Å². The van der Waals surface area contributed by atoms with Crippen LogP contribution in [0, 0.1) is 11.3 Å². The highest BCUT2D eigenvalue weighted by Crippen LogP contribution is 2.25. The van der Waals surface area contributed by atoms with E-state index in [9.17, 15) is 4.79 Å². The summed E-state index contributed by atoms with van der Waals surface area (Å²) < 4.78 is 0. The van der Waals surface area contributed by atoms with Gasteiger partial charge in [-0.3, -0.25) is 4.79 Å². The number of carbonyl (C=O) groups excluding carboxylic acids is 1. The van der Waals surface area contributed by atoms with Crippen LogP contribution in [0.1, 0.15) is 37.4 Å². The van der Waals surface area contributed by atoms with Crippen molar-refractivity contribution in [2.24, 2.45) is 0 Å². The Labute approximate surface area is 120 Å². The molecular formula is C16H21N3O. The van der Waals surface area contributed by atoms with Crippen LogP contribution in [0.2, 0.25) is 0 Å². The molecule has 4 nitrogen and oxygen atoms in total. The van der Waals surface area contributed by atoms with E-state index in [4.69, 9.17) is 5.26 Å². The van der Waals surface area contributed by atoms with Crippen LogP contribution in [-0.2, 0) is 11.2 Å². The lowest BCUT2D eigenvalue weighted by Crippen LogP contribution is -2.46. The minimum Gasteiger partial charge on any atom is -0.338 e. The molecule has 1 N–H and O–H groups in total. The van der Waals surface area contributed by atoms with Crippen LogP contribution in [0.3, 0.4) is 0 Å². The maximum Gasteiger partial charge on any atom is 0.244 e. The molecule has 0 spiro atoms. The van der Waals surface area contributed by atoms with Gasteiger partial charge in [-0.15, -0.1) is 0 Å². The van der Waals surface area contributed by atoms with E-state index < -0.39 is 0 Å². The number of carbonyl (C=O) groups is 1. The molecule has 0 aliphatic carbocycles. The molecule has 0 saturated heterocycles. The summed E-state index contributed by atoms with van der Waals surface area (Å²) in [4.78, 5) is 14.6. The average molecular weight is 271 g/mol. The molecule has 0 fully saturated rings. The summed E-state index contributed by atoms with van der Waals surface area (Å²) in [7, 11) is 0. The number of hydrogen-bond acceptors (Lipinski definition) is 3. The lowest BCUT2D eigenvalue weighted by Gasteiger charge is -2.33. The molecule has 4 heteroatoms. The second-order valence-electron chi connectivity index (χ2n) is 5.37. The number of amides is 1. The number of benzene rings is 1. The van der Waals surface area contributed by atoms with Gasteiger partial charge in [0.1, 0.15) is 6.04 Å². The lowest BCUT2D eigenvalue weighted by atomic mass is 9.93. The van der Waals surface area contributed by atoms with Gasteiger partial charge in [0.25, 0.3) is 0 Å². The monoisotopic (exact) mass is 271 g/mol. The Morgan fingerprint density at radius 1 is 1.50 bits per heavy atom. The fraction of sp³-hybridized carbons (Fsp3) is 0.500. The van der Waals surface area contributed by atoms with Gasteiger partial charge in [0, 0.05) is 19.1 Å². The number of fused-ring (bicyclic) bond motifs is 1. The van der Waals surface area contributed by atoms with Crippen LogP contribution in [-0.4, -0.2) is 29.9 Å². The summed E-state index contributed by atoms with van der Waals surface area (Å²) in [5.74, 6) is 0.0717. The molecular weight excluding hydrogens is 250 g/mol. The topological polar surface area (TPSA) is 56.1 Å². The first-order valence-corrected chi connectivity index (χ1v) is 7.13. The van der Waals surface area contributed by atoms with Crippen molar-refractivity contribution >= 4 is 5.91 Å². The third-order valence-corrected chi connectivity index (χ3v) is 3.73. The first-order valence-electron chi connectivity index (χ1n) is 7.13. The molecule has 106 valence electrons. The highest BCUT2D eigenvalue weighted by molar-refractivity contribution is 5.84. The normalized spacial score (nSPS) is 17.4. The van der Waals surface area contributed by atoms with Crippen molar-refractivity contribution in [3.63, 3.8) is 0 Å². The van der Waals surface area contributed by atoms with Crippen LogP contribution in [0.4, 0.5) is 0 Å². The van der Waals surface area contributed by atoms with Gasteiger partial charge in [-0.05, 0) is 31.4 Å². The van der Waals surface area contributed by atoms with E-state index in [1.807, 2.05) is 32.0 Å². The molecule has 1 aromatic carbocycles. The van der Waals surface area contributed by atoms with Gasteiger partial charge >= 0.3 is 0 Å². The van der Waals surface area contributed by atoms with E-state index in [2.05, 4.69) is 17.5 Å². The minimum absolute atomic E-state index is 0.0717. The predicted molar refractivity (Wildman–Crippen MR) is 78.0 cm³/mol. The molecule has 1 atom stereocenters. The molecule has 1 aromatic rings. The van der Waals surface area contributed by atoms with Crippen LogP contribution in [0.15, 0.2) is 24.3 Å². The fourth-order valence-electron chi connectivity index (χ4n) is 2.68. The third-order valence-electron chi connectivity index (χ3n) is 3.73. The molecule has 0 bridgehead atoms. The highest BCUT2D eigenvalue weighted by atomic mass is 16.2. The number of hydrogen-bond donors (Lipinski definition) is 1. The SMILES string of the molecule is CC(C)N(CCC#N)C(=O)C1NCCc2ccccc21. The maximum atomic E-state index is 12.8. The van der Waals surface area contributed by atoms with Crippen molar-refractivity contribution in [2.45, 2.75) is 38.8 Å². The molecule has 1 heterocycles. The van der Waals surface area contributed by atoms with Crippen molar-refractivity contribution in [2.75, 3.05) is 13.1 Å². The zero-order valence-electron chi connectivity index (χ0n) is 12.1. The van der Waals surface area contributed by atoms with Gasteiger partial charge in [-0.1, -0.05) is 24.3 Å². The summed E-state index contributed by atoms with van der Waals surface area (Å²) in [5, 5.41) is 12.1. The molecule has 2 rings (SSSR count).